The lowest BCUT2D eigenvalue weighted by molar-refractivity contribution is -0.117. The highest BCUT2D eigenvalue weighted by Gasteiger charge is 2.15. The molecular weight excluding hydrogens is 252 g/mol. The first-order valence-electron chi connectivity index (χ1n) is 5.96. The van der Waals surface area contributed by atoms with E-state index in [9.17, 15) is 4.79 Å². The topological polar surface area (TPSA) is 64.4 Å². The van der Waals surface area contributed by atoms with E-state index in [0.717, 1.165) is 17.7 Å². The van der Waals surface area contributed by atoms with Crippen molar-refractivity contribution in [1.29, 1.82) is 0 Å². The quantitative estimate of drug-likeness (QED) is 0.882. The number of nitrogens with one attached hydrogen (secondary N) is 1. The zero-order chi connectivity index (χ0) is 12.3. The van der Waals surface area contributed by atoms with Gasteiger partial charge < -0.3 is 15.8 Å². The molecule has 18 heavy (non-hydrogen) atoms. The number of rotatable bonds is 4. The van der Waals surface area contributed by atoms with Crippen molar-refractivity contribution in [3.05, 3.63) is 29.3 Å². The molecule has 1 heterocycles. The number of amides is 1. The van der Waals surface area contributed by atoms with Crippen molar-refractivity contribution < 1.29 is 9.53 Å². The molecule has 0 saturated heterocycles. The lowest BCUT2D eigenvalue weighted by Gasteiger charge is -2.11. The molecule has 0 bridgehead atoms. The van der Waals surface area contributed by atoms with E-state index in [1.807, 2.05) is 25.1 Å². The van der Waals surface area contributed by atoms with Crippen molar-refractivity contribution in [3.63, 3.8) is 0 Å². The van der Waals surface area contributed by atoms with Crippen LogP contribution in [0.25, 0.3) is 0 Å². The van der Waals surface area contributed by atoms with Gasteiger partial charge in [0, 0.05) is 5.69 Å². The van der Waals surface area contributed by atoms with Gasteiger partial charge in [0.1, 0.15) is 0 Å². The number of carbonyl (C=O) groups excluding carboxylic acids is 1. The van der Waals surface area contributed by atoms with Crippen molar-refractivity contribution in [2.24, 2.45) is 5.73 Å². The van der Waals surface area contributed by atoms with Crippen LogP contribution in [0.2, 0.25) is 0 Å². The molecule has 1 aromatic rings. The number of carbonyl (C=O) groups is 1. The van der Waals surface area contributed by atoms with Crippen molar-refractivity contribution in [1.82, 2.24) is 0 Å². The maximum Gasteiger partial charge on any atom is 0.241 e. The molecule has 1 atom stereocenters. The average molecular weight is 271 g/mol. The van der Waals surface area contributed by atoms with E-state index in [2.05, 4.69) is 5.32 Å². The molecule has 0 saturated carbocycles. The van der Waals surface area contributed by atoms with Crippen LogP contribution < -0.4 is 11.1 Å². The first kappa shape index (κ1) is 15.0. The number of nitrogens with two attached hydrogens (primary N) is 1. The zero-order valence-corrected chi connectivity index (χ0v) is 11.3. The van der Waals surface area contributed by atoms with Gasteiger partial charge in [0.15, 0.2) is 0 Å². The van der Waals surface area contributed by atoms with E-state index in [4.69, 9.17) is 10.5 Å². The van der Waals surface area contributed by atoms with Gasteiger partial charge in [-0.05, 0) is 29.7 Å². The van der Waals surface area contributed by atoms with Crippen LogP contribution in [0.1, 0.15) is 30.9 Å². The Morgan fingerprint density at radius 3 is 2.89 bits per heavy atom. The molecule has 0 radical (unpaired) electrons. The summed E-state index contributed by atoms with van der Waals surface area (Å²) in [6, 6.07) is 5.41. The number of benzene rings is 1. The molecule has 0 aromatic heterocycles. The van der Waals surface area contributed by atoms with Gasteiger partial charge in [-0.15, -0.1) is 12.4 Å². The van der Waals surface area contributed by atoms with Crippen molar-refractivity contribution >= 4 is 24.0 Å². The number of fused-ring (bicyclic) bond motifs is 1. The molecule has 0 fully saturated rings. The van der Waals surface area contributed by atoms with Crippen LogP contribution in [-0.2, 0) is 22.7 Å². The number of hydrogen-bond donors (Lipinski definition) is 2. The van der Waals surface area contributed by atoms with Crippen molar-refractivity contribution in [3.8, 4) is 0 Å². The molecule has 2 rings (SSSR count). The maximum atomic E-state index is 11.7. The predicted molar refractivity (Wildman–Crippen MR) is 73.7 cm³/mol. The fourth-order valence-electron chi connectivity index (χ4n) is 1.93. The van der Waals surface area contributed by atoms with E-state index >= 15 is 0 Å². The Labute approximate surface area is 113 Å². The summed E-state index contributed by atoms with van der Waals surface area (Å²) in [4.78, 5) is 11.7. The molecule has 1 amide bonds. The summed E-state index contributed by atoms with van der Waals surface area (Å²) < 4.78 is 5.32. The minimum absolute atomic E-state index is 0. The second-order valence-electron chi connectivity index (χ2n) is 4.36. The van der Waals surface area contributed by atoms with E-state index in [0.29, 0.717) is 19.6 Å². The summed E-state index contributed by atoms with van der Waals surface area (Å²) in [6.07, 6.45) is 1.62. The molecule has 1 aromatic carbocycles. The van der Waals surface area contributed by atoms with Gasteiger partial charge in [-0.3, -0.25) is 4.79 Å². The number of halogens is 1. The molecule has 5 heteroatoms. The van der Waals surface area contributed by atoms with Crippen LogP contribution in [0.15, 0.2) is 18.2 Å². The number of ether oxygens (including phenoxy) is 1. The van der Waals surface area contributed by atoms with Crippen LogP contribution >= 0.6 is 12.4 Å². The van der Waals surface area contributed by atoms with Crippen LogP contribution in [0, 0.1) is 0 Å². The fraction of sp³-hybridized carbons (Fsp3) is 0.462. The fourth-order valence-corrected chi connectivity index (χ4v) is 1.93. The van der Waals surface area contributed by atoms with Gasteiger partial charge >= 0.3 is 0 Å². The Hall–Kier alpha value is -1.10. The molecule has 1 aliphatic heterocycles. The lowest BCUT2D eigenvalue weighted by Crippen LogP contribution is -2.35. The molecular formula is C13H19ClN2O2. The summed E-state index contributed by atoms with van der Waals surface area (Å²) in [6.45, 7) is 3.30. The SMILES string of the molecule is CCCC(N)C(=O)Nc1ccc2c(c1)COC2.Cl. The van der Waals surface area contributed by atoms with Crippen LogP contribution in [0.5, 0.6) is 0 Å². The molecule has 100 valence electrons. The van der Waals surface area contributed by atoms with Gasteiger partial charge in [0.05, 0.1) is 19.3 Å². The molecule has 3 N–H and O–H groups in total. The summed E-state index contributed by atoms with van der Waals surface area (Å²) >= 11 is 0. The highest BCUT2D eigenvalue weighted by molar-refractivity contribution is 5.94. The van der Waals surface area contributed by atoms with Crippen LogP contribution in [0.3, 0.4) is 0 Å². The van der Waals surface area contributed by atoms with E-state index < -0.39 is 6.04 Å². The first-order valence-corrected chi connectivity index (χ1v) is 5.96. The Kier molecular flexibility index (Phi) is 5.59. The highest BCUT2D eigenvalue weighted by atomic mass is 35.5. The molecule has 1 unspecified atom stereocenters. The Bertz CT molecular complexity index is 423. The highest BCUT2D eigenvalue weighted by Crippen LogP contribution is 2.23. The third kappa shape index (κ3) is 3.45. The second-order valence-corrected chi connectivity index (χ2v) is 4.36. The van der Waals surface area contributed by atoms with Gasteiger partial charge in [0.25, 0.3) is 0 Å². The van der Waals surface area contributed by atoms with Gasteiger partial charge in [-0.25, -0.2) is 0 Å². The van der Waals surface area contributed by atoms with E-state index in [1.165, 1.54) is 5.56 Å². The molecule has 1 aliphatic rings. The second kappa shape index (κ2) is 6.73. The Balaban J connectivity index is 0.00000162. The summed E-state index contributed by atoms with van der Waals surface area (Å²) in [5.41, 5.74) is 8.89. The summed E-state index contributed by atoms with van der Waals surface area (Å²) in [7, 11) is 0. The molecule has 0 aliphatic carbocycles. The lowest BCUT2D eigenvalue weighted by atomic mass is 10.1. The standard InChI is InChI=1S/C13H18N2O2.ClH/c1-2-3-12(14)13(16)15-11-5-4-9-7-17-8-10(9)6-11;/h4-6,12H,2-3,7-8,14H2,1H3,(H,15,16);1H. The average Bonchev–Trinajstić information content (AvgIpc) is 2.76. The predicted octanol–water partition coefficient (Wildman–Crippen LogP) is 2.20. The third-order valence-electron chi connectivity index (χ3n) is 2.93. The zero-order valence-electron chi connectivity index (χ0n) is 10.4. The van der Waals surface area contributed by atoms with Gasteiger partial charge in [0.2, 0.25) is 5.91 Å². The smallest absolute Gasteiger partial charge is 0.241 e. The normalized spacial score (nSPS) is 14.6. The molecule has 0 spiro atoms. The first-order chi connectivity index (χ1) is 8.20. The molecule has 4 nitrogen and oxygen atoms in total. The Morgan fingerprint density at radius 2 is 2.17 bits per heavy atom. The number of hydrogen-bond acceptors (Lipinski definition) is 3. The van der Waals surface area contributed by atoms with Gasteiger partial charge in [-0.1, -0.05) is 19.4 Å². The van der Waals surface area contributed by atoms with Crippen LogP contribution in [-0.4, -0.2) is 11.9 Å². The van der Waals surface area contributed by atoms with E-state index in [-0.39, 0.29) is 18.3 Å². The van der Waals surface area contributed by atoms with Crippen molar-refractivity contribution in [2.45, 2.75) is 39.0 Å². The third-order valence-corrected chi connectivity index (χ3v) is 2.93. The van der Waals surface area contributed by atoms with Crippen LogP contribution in [0.4, 0.5) is 5.69 Å². The monoisotopic (exact) mass is 270 g/mol. The number of anilines is 1. The minimum Gasteiger partial charge on any atom is -0.372 e. The largest absolute Gasteiger partial charge is 0.372 e. The van der Waals surface area contributed by atoms with Gasteiger partial charge in [-0.2, -0.15) is 0 Å². The Morgan fingerprint density at radius 1 is 1.44 bits per heavy atom. The summed E-state index contributed by atoms with van der Waals surface area (Å²) in [5, 5.41) is 2.84. The maximum absolute atomic E-state index is 11.7. The van der Waals surface area contributed by atoms with Crippen molar-refractivity contribution in [2.75, 3.05) is 5.32 Å². The van der Waals surface area contributed by atoms with E-state index in [1.54, 1.807) is 0 Å². The minimum atomic E-state index is -0.426. The summed E-state index contributed by atoms with van der Waals surface area (Å²) in [5.74, 6) is -0.120.